The first-order valence-corrected chi connectivity index (χ1v) is 10.1. The van der Waals surface area contributed by atoms with Gasteiger partial charge < -0.3 is 15.4 Å². The Morgan fingerprint density at radius 3 is 2.84 bits per heavy atom. The average Bonchev–Trinajstić information content (AvgIpc) is 3.45. The van der Waals surface area contributed by atoms with Crippen molar-refractivity contribution < 1.29 is 14.1 Å². The fourth-order valence-corrected chi connectivity index (χ4v) is 3.80. The molecule has 4 rings (SSSR count). The number of benzene rings is 1. The van der Waals surface area contributed by atoms with Crippen LogP contribution >= 0.6 is 11.3 Å². The van der Waals surface area contributed by atoms with Crippen molar-refractivity contribution in [2.45, 2.75) is 20.0 Å². The van der Waals surface area contributed by atoms with Crippen LogP contribution in [0.4, 0.5) is 15.9 Å². The first-order chi connectivity index (χ1) is 14.9. The highest BCUT2D eigenvalue weighted by Gasteiger charge is 2.17. The van der Waals surface area contributed by atoms with Gasteiger partial charge in [-0.3, -0.25) is 9.48 Å². The Labute approximate surface area is 179 Å². The molecule has 158 valence electrons. The van der Waals surface area contributed by atoms with Gasteiger partial charge in [-0.1, -0.05) is 18.2 Å². The van der Waals surface area contributed by atoms with Crippen LogP contribution in [0.25, 0.3) is 0 Å². The van der Waals surface area contributed by atoms with Gasteiger partial charge in [-0.2, -0.15) is 9.78 Å². The van der Waals surface area contributed by atoms with E-state index in [1.807, 2.05) is 5.38 Å². The zero-order valence-electron chi connectivity index (χ0n) is 16.4. The van der Waals surface area contributed by atoms with E-state index in [4.69, 9.17) is 0 Å². The molecule has 1 N–H and O–H groups in total. The predicted molar refractivity (Wildman–Crippen MR) is 113 cm³/mol. The zero-order chi connectivity index (χ0) is 22.0. The molecule has 9 nitrogen and oxygen atoms in total. The molecule has 1 amide bonds. The number of amides is 1. The van der Waals surface area contributed by atoms with E-state index >= 15 is 0 Å². The second-order valence-electron chi connectivity index (χ2n) is 6.85. The van der Waals surface area contributed by atoms with Crippen LogP contribution in [0, 0.1) is 22.9 Å². The van der Waals surface area contributed by atoms with Gasteiger partial charge in [-0.15, -0.1) is 11.3 Å². The smallest absolute Gasteiger partial charge is 0.358 e. The fourth-order valence-electron chi connectivity index (χ4n) is 3.00. The summed E-state index contributed by atoms with van der Waals surface area (Å²) in [6.07, 6.45) is 3.13. The minimum Gasteiger partial charge on any atom is -0.358 e. The number of rotatable bonds is 7. The second kappa shape index (κ2) is 8.48. The Hall–Kier alpha value is -3.86. The van der Waals surface area contributed by atoms with Crippen LogP contribution in [0.5, 0.6) is 0 Å². The van der Waals surface area contributed by atoms with Gasteiger partial charge >= 0.3 is 5.82 Å². The van der Waals surface area contributed by atoms with Gasteiger partial charge in [0.1, 0.15) is 5.82 Å². The number of carbonyl (C=O) groups excluding carboxylic acids is 1. The minimum atomic E-state index is -0.539. The summed E-state index contributed by atoms with van der Waals surface area (Å²) < 4.78 is 16.9. The van der Waals surface area contributed by atoms with Crippen LogP contribution in [-0.2, 0) is 13.1 Å². The topological polar surface area (TPSA) is 108 Å². The molecular formula is C20H17FN6O3S. The van der Waals surface area contributed by atoms with Crippen molar-refractivity contribution in [3.05, 3.63) is 91.8 Å². The molecule has 31 heavy (non-hydrogen) atoms. The molecule has 0 spiro atoms. The van der Waals surface area contributed by atoms with Crippen LogP contribution in [0.2, 0.25) is 0 Å². The van der Waals surface area contributed by atoms with Gasteiger partial charge in [0.15, 0.2) is 0 Å². The van der Waals surface area contributed by atoms with Crippen LogP contribution in [0.1, 0.15) is 26.5 Å². The van der Waals surface area contributed by atoms with Gasteiger partial charge in [0.05, 0.1) is 46.7 Å². The summed E-state index contributed by atoms with van der Waals surface area (Å²) in [6, 6.07) is 9.56. The molecule has 3 aromatic heterocycles. The number of thiophene rings is 1. The molecule has 0 aliphatic carbocycles. The summed E-state index contributed by atoms with van der Waals surface area (Å²) in [7, 11) is 0. The number of hydrogen-bond acceptors (Lipinski definition) is 6. The molecule has 0 fully saturated rings. The maximum Gasteiger partial charge on any atom is 0.390 e. The van der Waals surface area contributed by atoms with E-state index in [2.05, 4.69) is 15.5 Å². The lowest BCUT2D eigenvalue weighted by molar-refractivity contribution is -0.389. The Bertz CT molecular complexity index is 1260. The average molecular weight is 440 g/mol. The molecule has 3 heterocycles. The number of aryl methyl sites for hydroxylation is 1. The number of aromatic nitrogens is 4. The monoisotopic (exact) mass is 440 g/mol. The van der Waals surface area contributed by atoms with Gasteiger partial charge in [-0.25, -0.2) is 4.39 Å². The standard InChI is InChI=1S/C20H17FN6O3S/c1-13-6-19(27(29)30)24-26(13)9-14-7-18(31-12-14)20(28)23-16-8-22-25(11-16)10-15-4-2-3-5-17(15)21/h2-8,11-12H,9-10H2,1H3,(H,23,28). The molecule has 4 aromatic rings. The molecule has 0 bridgehead atoms. The Morgan fingerprint density at radius 1 is 1.29 bits per heavy atom. The molecule has 0 aliphatic rings. The molecule has 11 heteroatoms. The van der Waals surface area contributed by atoms with E-state index in [1.54, 1.807) is 42.1 Å². The normalized spacial score (nSPS) is 10.9. The van der Waals surface area contributed by atoms with Crippen LogP contribution in [0.15, 0.2) is 54.2 Å². The number of hydrogen-bond donors (Lipinski definition) is 1. The summed E-state index contributed by atoms with van der Waals surface area (Å²) in [5.41, 5.74) is 2.47. The van der Waals surface area contributed by atoms with E-state index < -0.39 is 4.92 Å². The summed E-state index contributed by atoms with van der Waals surface area (Å²) in [5.74, 6) is -0.824. The molecule has 0 saturated heterocycles. The maximum atomic E-state index is 13.8. The summed E-state index contributed by atoms with van der Waals surface area (Å²) >= 11 is 1.26. The van der Waals surface area contributed by atoms with Crippen LogP contribution in [0.3, 0.4) is 0 Å². The van der Waals surface area contributed by atoms with Gasteiger partial charge in [0, 0.05) is 11.8 Å². The Kier molecular flexibility index (Phi) is 5.58. The number of nitrogens with one attached hydrogen (secondary N) is 1. The zero-order valence-corrected chi connectivity index (χ0v) is 17.2. The first kappa shape index (κ1) is 20.4. The molecule has 0 atom stereocenters. The third kappa shape index (κ3) is 4.67. The largest absolute Gasteiger partial charge is 0.390 e. The minimum absolute atomic E-state index is 0.210. The number of nitro groups is 1. The number of halogens is 1. The van der Waals surface area contributed by atoms with E-state index in [-0.39, 0.29) is 24.1 Å². The molecule has 0 radical (unpaired) electrons. The van der Waals surface area contributed by atoms with Crippen LogP contribution in [-0.4, -0.2) is 30.4 Å². The quantitative estimate of drug-likeness (QED) is 0.347. The molecular weight excluding hydrogens is 423 g/mol. The van der Waals surface area contributed by atoms with E-state index in [1.165, 1.54) is 34.3 Å². The van der Waals surface area contributed by atoms with Gasteiger partial charge in [0.2, 0.25) is 0 Å². The fraction of sp³-hybridized carbons (Fsp3) is 0.150. The third-order valence-electron chi connectivity index (χ3n) is 4.55. The van der Waals surface area contributed by atoms with Crippen molar-refractivity contribution in [2.75, 3.05) is 5.32 Å². The summed E-state index contributed by atoms with van der Waals surface area (Å²) in [6.45, 7) is 2.31. The number of anilines is 1. The molecule has 0 unspecified atom stereocenters. The van der Waals surface area contributed by atoms with E-state index in [9.17, 15) is 19.3 Å². The van der Waals surface area contributed by atoms with Gasteiger partial charge in [0.25, 0.3) is 5.91 Å². The van der Waals surface area contributed by atoms with E-state index in [0.29, 0.717) is 28.4 Å². The predicted octanol–water partition coefficient (Wildman–Crippen LogP) is 3.85. The van der Waals surface area contributed by atoms with Gasteiger partial charge in [-0.05, 0) is 34.9 Å². The third-order valence-corrected chi connectivity index (χ3v) is 5.52. The highest BCUT2D eigenvalue weighted by atomic mass is 32.1. The lowest BCUT2D eigenvalue weighted by Gasteiger charge is -2.03. The van der Waals surface area contributed by atoms with Crippen molar-refractivity contribution in [3.63, 3.8) is 0 Å². The summed E-state index contributed by atoms with van der Waals surface area (Å²) in [4.78, 5) is 23.4. The van der Waals surface area contributed by atoms with Crippen molar-refractivity contribution in [2.24, 2.45) is 0 Å². The van der Waals surface area contributed by atoms with Crippen molar-refractivity contribution in [1.29, 1.82) is 0 Å². The van der Waals surface area contributed by atoms with Crippen molar-refractivity contribution in [1.82, 2.24) is 19.6 Å². The molecule has 0 saturated carbocycles. The lowest BCUT2D eigenvalue weighted by atomic mass is 10.2. The number of nitrogens with zero attached hydrogens (tertiary/aromatic N) is 5. The highest BCUT2D eigenvalue weighted by molar-refractivity contribution is 7.12. The SMILES string of the molecule is Cc1cc([N+](=O)[O-])nn1Cc1csc(C(=O)Nc2cnn(Cc3ccccc3F)c2)c1. The van der Waals surface area contributed by atoms with E-state index in [0.717, 1.165) is 5.56 Å². The second-order valence-corrected chi connectivity index (χ2v) is 7.76. The Morgan fingerprint density at radius 2 is 2.10 bits per heavy atom. The number of carbonyl (C=O) groups is 1. The maximum absolute atomic E-state index is 13.8. The highest BCUT2D eigenvalue weighted by Crippen LogP contribution is 2.20. The first-order valence-electron chi connectivity index (χ1n) is 9.22. The molecule has 0 aliphatic heterocycles. The van der Waals surface area contributed by atoms with Crippen molar-refractivity contribution >= 4 is 28.7 Å². The van der Waals surface area contributed by atoms with Crippen molar-refractivity contribution in [3.8, 4) is 0 Å². The summed E-state index contributed by atoms with van der Waals surface area (Å²) in [5, 5.41) is 23.6. The lowest BCUT2D eigenvalue weighted by Crippen LogP contribution is -2.10. The molecule has 1 aromatic carbocycles. The Balaban J connectivity index is 1.40. The van der Waals surface area contributed by atoms with Crippen LogP contribution < -0.4 is 5.32 Å².